The fourth-order valence-corrected chi connectivity index (χ4v) is 2.90. The van der Waals surface area contributed by atoms with Crippen molar-refractivity contribution in [1.29, 1.82) is 0 Å². The molecule has 104 valence electrons. The molecule has 3 heteroatoms. The summed E-state index contributed by atoms with van der Waals surface area (Å²) in [5.41, 5.74) is 0.881. The van der Waals surface area contributed by atoms with Crippen molar-refractivity contribution in [1.82, 2.24) is 0 Å². The van der Waals surface area contributed by atoms with Crippen LogP contribution in [0.1, 0.15) is 13.8 Å². The average molecular weight is 276 g/mol. The lowest BCUT2D eigenvalue weighted by molar-refractivity contribution is 0.137. The van der Waals surface area contributed by atoms with Gasteiger partial charge in [-0.05, 0) is 53.0 Å². The van der Waals surface area contributed by atoms with Crippen LogP contribution in [0.4, 0.5) is 0 Å². The van der Waals surface area contributed by atoms with Gasteiger partial charge >= 0.3 is 7.12 Å². The minimum Gasteiger partial charge on any atom is -0.404 e. The number of hydrogen-bond donors (Lipinski definition) is 0. The molecule has 0 radical (unpaired) electrons. The van der Waals surface area contributed by atoms with E-state index in [4.69, 9.17) is 9.31 Å². The first-order valence-electron chi connectivity index (χ1n) is 7.33. The van der Waals surface area contributed by atoms with Gasteiger partial charge in [0.15, 0.2) is 0 Å². The molecule has 1 saturated heterocycles. The second-order valence-corrected chi connectivity index (χ2v) is 6.33. The molecule has 0 N–H and O–H groups in total. The van der Waals surface area contributed by atoms with E-state index in [1.165, 1.54) is 21.5 Å². The zero-order valence-electron chi connectivity index (χ0n) is 12.3. The van der Waals surface area contributed by atoms with Gasteiger partial charge in [-0.25, -0.2) is 0 Å². The summed E-state index contributed by atoms with van der Waals surface area (Å²) in [5.74, 6) is 0. The number of benzene rings is 3. The lowest BCUT2D eigenvalue weighted by atomic mass is 9.78. The smallest absolute Gasteiger partial charge is 0.404 e. The second-order valence-electron chi connectivity index (χ2n) is 6.33. The first kappa shape index (κ1) is 12.9. The van der Waals surface area contributed by atoms with Crippen molar-refractivity contribution < 1.29 is 9.31 Å². The molecule has 1 heterocycles. The maximum absolute atomic E-state index is 5.95. The molecular weight excluding hydrogens is 259 g/mol. The normalized spacial score (nSPS) is 17.7. The van der Waals surface area contributed by atoms with E-state index in [1.807, 2.05) is 0 Å². The summed E-state index contributed by atoms with van der Waals surface area (Å²) < 4.78 is 11.7. The van der Waals surface area contributed by atoms with E-state index in [-0.39, 0.29) is 12.7 Å². The quantitative estimate of drug-likeness (QED) is 0.500. The predicted molar refractivity (Wildman–Crippen MR) is 88.0 cm³/mol. The van der Waals surface area contributed by atoms with Gasteiger partial charge in [-0.1, -0.05) is 42.5 Å². The van der Waals surface area contributed by atoms with Gasteiger partial charge < -0.3 is 9.31 Å². The average Bonchev–Trinajstić information content (AvgIpc) is 2.84. The highest BCUT2D eigenvalue weighted by molar-refractivity contribution is 6.62. The van der Waals surface area contributed by atoms with Crippen LogP contribution in [0.3, 0.4) is 0 Å². The van der Waals surface area contributed by atoms with Crippen molar-refractivity contribution in [3.63, 3.8) is 0 Å². The first-order chi connectivity index (χ1) is 10.1. The summed E-state index contributed by atoms with van der Waals surface area (Å²) in [4.78, 5) is 0. The standard InChI is InChI=1S/C18H17BO2/c1-18(2)12-20-19(21-18)17-8-7-15-9-13-5-3-4-6-14(13)10-16(15)11-17/h3-11H,12H2,1-2H3. The molecule has 3 aromatic carbocycles. The molecule has 0 spiro atoms. The van der Waals surface area contributed by atoms with Crippen molar-refractivity contribution in [3.8, 4) is 0 Å². The van der Waals surface area contributed by atoms with Crippen molar-refractivity contribution in [2.45, 2.75) is 19.4 Å². The monoisotopic (exact) mass is 276 g/mol. The minimum atomic E-state index is -0.254. The zero-order valence-corrected chi connectivity index (χ0v) is 12.3. The maximum atomic E-state index is 5.95. The summed E-state index contributed by atoms with van der Waals surface area (Å²) in [6.45, 7) is 4.75. The molecule has 0 bridgehead atoms. The van der Waals surface area contributed by atoms with Gasteiger partial charge in [0.2, 0.25) is 0 Å². The Morgan fingerprint density at radius 3 is 2.19 bits per heavy atom. The van der Waals surface area contributed by atoms with Crippen LogP contribution < -0.4 is 5.46 Å². The Bertz CT molecular complexity index is 826. The summed E-state index contributed by atoms with van der Waals surface area (Å²) in [6, 6.07) is 19.3. The molecular formula is C18H17BO2. The zero-order chi connectivity index (χ0) is 14.4. The van der Waals surface area contributed by atoms with Crippen molar-refractivity contribution in [2.24, 2.45) is 0 Å². The maximum Gasteiger partial charge on any atom is 0.494 e. The van der Waals surface area contributed by atoms with Crippen LogP contribution in [0.2, 0.25) is 0 Å². The summed E-state index contributed by atoms with van der Waals surface area (Å²) >= 11 is 0. The van der Waals surface area contributed by atoms with Gasteiger partial charge in [0, 0.05) is 0 Å². The molecule has 0 aliphatic carbocycles. The fourth-order valence-electron chi connectivity index (χ4n) is 2.90. The van der Waals surface area contributed by atoms with E-state index in [1.54, 1.807) is 0 Å². The van der Waals surface area contributed by atoms with Gasteiger partial charge in [0.25, 0.3) is 0 Å². The third kappa shape index (κ3) is 2.33. The molecule has 3 aromatic rings. The third-order valence-corrected chi connectivity index (χ3v) is 4.01. The van der Waals surface area contributed by atoms with Crippen LogP contribution in [0.25, 0.3) is 21.5 Å². The second kappa shape index (κ2) is 4.59. The van der Waals surface area contributed by atoms with E-state index in [0.29, 0.717) is 6.61 Å². The van der Waals surface area contributed by atoms with Gasteiger partial charge in [-0.2, -0.15) is 0 Å². The number of fused-ring (bicyclic) bond motifs is 2. The molecule has 1 aliphatic rings. The Morgan fingerprint density at radius 2 is 1.52 bits per heavy atom. The van der Waals surface area contributed by atoms with E-state index < -0.39 is 0 Å². The lowest BCUT2D eigenvalue weighted by Crippen LogP contribution is -2.34. The molecule has 0 atom stereocenters. The first-order valence-corrected chi connectivity index (χ1v) is 7.33. The predicted octanol–water partition coefficient (Wildman–Crippen LogP) is 3.51. The van der Waals surface area contributed by atoms with Crippen LogP contribution >= 0.6 is 0 Å². The Balaban J connectivity index is 1.80. The van der Waals surface area contributed by atoms with Crippen LogP contribution in [-0.2, 0) is 9.31 Å². The number of hydrogen-bond acceptors (Lipinski definition) is 2. The van der Waals surface area contributed by atoms with Gasteiger partial charge in [0.05, 0.1) is 12.2 Å². The molecule has 21 heavy (non-hydrogen) atoms. The highest BCUT2D eigenvalue weighted by Crippen LogP contribution is 2.24. The Hall–Kier alpha value is -1.84. The van der Waals surface area contributed by atoms with Gasteiger partial charge in [0.1, 0.15) is 0 Å². The SMILES string of the molecule is CC1(C)COB(c2ccc3cc4ccccc4cc3c2)O1. The molecule has 0 amide bonds. The summed E-state index contributed by atoms with van der Waals surface area (Å²) in [5, 5.41) is 5.00. The summed E-state index contributed by atoms with van der Waals surface area (Å²) in [7, 11) is -0.254. The fraction of sp³-hybridized carbons (Fsp3) is 0.222. The van der Waals surface area contributed by atoms with Crippen molar-refractivity contribution in [3.05, 3.63) is 54.6 Å². The largest absolute Gasteiger partial charge is 0.494 e. The van der Waals surface area contributed by atoms with E-state index in [2.05, 4.69) is 68.4 Å². The Morgan fingerprint density at radius 1 is 0.857 bits per heavy atom. The van der Waals surface area contributed by atoms with Gasteiger partial charge in [-0.15, -0.1) is 0 Å². The van der Waals surface area contributed by atoms with E-state index in [9.17, 15) is 0 Å². The molecule has 1 aliphatic heterocycles. The molecule has 4 rings (SSSR count). The molecule has 0 unspecified atom stereocenters. The third-order valence-electron chi connectivity index (χ3n) is 4.01. The highest BCUT2D eigenvalue weighted by atomic mass is 16.7. The molecule has 2 nitrogen and oxygen atoms in total. The van der Waals surface area contributed by atoms with Crippen LogP contribution in [-0.4, -0.2) is 19.3 Å². The van der Waals surface area contributed by atoms with E-state index >= 15 is 0 Å². The molecule has 0 saturated carbocycles. The summed E-state index contributed by atoms with van der Waals surface area (Å²) in [6.07, 6.45) is 0. The van der Waals surface area contributed by atoms with Crippen LogP contribution in [0, 0.1) is 0 Å². The van der Waals surface area contributed by atoms with Crippen molar-refractivity contribution >= 4 is 34.1 Å². The Kier molecular flexibility index (Phi) is 2.81. The van der Waals surface area contributed by atoms with Crippen molar-refractivity contribution in [2.75, 3.05) is 6.61 Å². The molecule has 0 aromatic heterocycles. The topological polar surface area (TPSA) is 18.5 Å². The number of rotatable bonds is 1. The van der Waals surface area contributed by atoms with Crippen LogP contribution in [0.15, 0.2) is 54.6 Å². The molecule has 1 fully saturated rings. The van der Waals surface area contributed by atoms with E-state index in [0.717, 1.165) is 5.46 Å². The lowest BCUT2D eigenvalue weighted by Gasteiger charge is -2.15. The van der Waals surface area contributed by atoms with Gasteiger partial charge in [-0.3, -0.25) is 0 Å². The highest BCUT2D eigenvalue weighted by Gasteiger charge is 2.38. The minimum absolute atomic E-state index is 0.205. The van der Waals surface area contributed by atoms with Crippen LogP contribution in [0.5, 0.6) is 0 Å². The Labute approximate surface area is 124 Å².